The molecule has 3 N–H and O–H groups in total. The van der Waals surface area contributed by atoms with Gasteiger partial charge >= 0.3 is 0 Å². The van der Waals surface area contributed by atoms with Gasteiger partial charge in [0.05, 0.1) is 9.79 Å². The number of hydrogen-bond donors (Lipinski definition) is 2. The first-order valence-electron chi connectivity index (χ1n) is 7.27. The molecule has 134 valence electrons. The zero-order chi connectivity index (χ0) is 18.7. The van der Waals surface area contributed by atoms with Crippen molar-refractivity contribution in [1.29, 1.82) is 0 Å². The van der Waals surface area contributed by atoms with Crippen molar-refractivity contribution in [3.8, 4) is 0 Å². The molecule has 9 heteroatoms. The molecular formula is C16H18N2O5S2. The Balaban J connectivity index is 1.97. The maximum Gasteiger partial charge on any atom is 0.251 e. The first-order valence-corrected chi connectivity index (χ1v) is 10.7. The van der Waals surface area contributed by atoms with Crippen molar-refractivity contribution in [3.05, 3.63) is 59.7 Å². The van der Waals surface area contributed by atoms with Crippen molar-refractivity contribution in [2.75, 3.05) is 12.8 Å². The first kappa shape index (κ1) is 19.1. The molecule has 0 spiro atoms. The molecule has 0 radical (unpaired) electrons. The largest absolute Gasteiger partial charge is 0.352 e. The molecule has 0 unspecified atom stereocenters. The Morgan fingerprint density at radius 2 is 1.64 bits per heavy atom. The van der Waals surface area contributed by atoms with Gasteiger partial charge in [-0.05, 0) is 42.3 Å². The summed E-state index contributed by atoms with van der Waals surface area (Å²) < 4.78 is 45.4. The van der Waals surface area contributed by atoms with E-state index >= 15 is 0 Å². The number of primary sulfonamides is 1. The second-order valence-electron chi connectivity index (χ2n) is 5.49. The quantitative estimate of drug-likeness (QED) is 0.761. The van der Waals surface area contributed by atoms with Gasteiger partial charge in [0.25, 0.3) is 5.91 Å². The second kappa shape index (κ2) is 7.34. The van der Waals surface area contributed by atoms with Crippen LogP contribution in [-0.4, -0.2) is 35.5 Å². The standard InChI is InChI=1S/C16H18N2O5S2/c1-24(20,21)15-4-2-3-13(11-15)16(19)18-10-9-12-5-7-14(8-6-12)25(17,22)23/h2-8,11H,9-10H2,1H3,(H,18,19)(H2,17,22,23). The number of carbonyl (C=O) groups excluding carboxylic acids is 1. The molecule has 0 aromatic heterocycles. The normalized spacial score (nSPS) is 11.9. The molecule has 0 saturated heterocycles. The van der Waals surface area contributed by atoms with Crippen LogP contribution < -0.4 is 10.5 Å². The zero-order valence-corrected chi connectivity index (χ0v) is 15.1. The Hall–Kier alpha value is -2.23. The van der Waals surface area contributed by atoms with Crippen LogP contribution in [-0.2, 0) is 26.3 Å². The molecule has 2 rings (SSSR count). The molecular weight excluding hydrogens is 364 g/mol. The van der Waals surface area contributed by atoms with E-state index < -0.39 is 19.9 Å². The molecule has 0 fully saturated rings. The van der Waals surface area contributed by atoms with Crippen molar-refractivity contribution in [2.24, 2.45) is 5.14 Å². The molecule has 0 bridgehead atoms. The van der Waals surface area contributed by atoms with Gasteiger partial charge in [0.2, 0.25) is 10.0 Å². The van der Waals surface area contributed by atoms with Crippen molar-refractivity contribution >= 4 is 25.8 Å². The lowest BCUT2D eigenvalue weighted by atomic mass is 10.1. The predicted molar refractivity (Wildman–Crippen MR) is 93.4 cm³/mol. The van der Waals surface area contributed by atoms with E-state index in [9.17, 15) is 21.6 Å². The maximum absolute atomic E-state index is 12.1. The second-order valence-corrected chi connectivity index (χ2v) is 9.07. The first-order chi connectivity index (χ1) is 11.6. The summed E-state index contributed by atoms with van der Waals surface area (Å²) in [5, 5.41) is 7.72. The van der Waals surface area contributed by atoms with Gasteiger partial charge < -0.3 is 5.32 Å². The topological polar surface area (TPSA) is 123 Å². The number of amides is 1. The predicted octanol–water partition coefficient (Wildman–Crippen LogP) is 0.710. The highest BCUT2D eigenvalue weighted by molar-refractivity contribution is 7.90. The zero-order valence-electron chi connectivity index (χ0n) is 13.5. The minimum absolute atomic E-state index is 0.0258. The van der Waals surface area contributed by atoms with Crippen LogP contribution in [0.5, 0.6) is 0 Å². The summed E-state index contributed by atoms with van der Waals surface area (Å²) in [6.45, 7) is 0.316. The van der Waals surface area contributed by atoms with E-state index in [0.29, 0.717) is 13.0 Å². The highest BCUT2D eigenvalue weighted by atomic mass is 32.2. The van der Waals surface area contributed by atoms with Gasteiger partial charge in [-0.3, -0.25) is 4.79 Å². The van der Waals surface area contributed by atoms with Crippen molar-refractivity contribution in [1.82, 2.24) is 5.32 Å². The highest BCUT2D eigenvalue weighted by Crippen LogP contribution is 2.12. The minimum Gasteiger partial charge on any atom is -0.352 e. The number of benzene rings is 2. The molecule has 0 aliphatic carbocycles. The van der Waals surface area contributed by atoms with E-state index in [1.807, 2.05) is 0 Å². The van der Waals surface area contributed by atoms with E-state index in [1.165, 1.54) is 36.4 Å². The Morgan fingerprint density at radius 3 is 2.20 bits per heavy atom. The van der Waals surface area contributed by atoms with Crippen LogP contribution in [0.15, 0.2) is 58.3 Å². The van der Waals surface area contributed by atoms with Gasteiger partial charge in [-0.15, -0.1) is 0 Å². The van der Waals surface area contributed by atoms with Gasteiger partial charge in [-0.1, -0.05) is 18.2 Å². The van der Waals surface area contributed by atoms with Crippen molar-refractivity contribution < 1.29 is 21.6 Å². The fourth-order valence-corrected chi connectivity index (χ4v) is 3.32. The van der Waals surface area contributed by atoms with Crippen LogP contribution >= 0.6 is 0 Å². The number of nitrogens with one attached hydrogen (secondary N) is 1. The van der Waals surface area contributed by atoms with Gasteiger partial charge in [-0.2, -0.15) is 0 Å². The summed E-state index contributed by atoms with van der Waals surface area (Å²) in [5.41, 5.74) is 1.09. The average Bonchev–Trinajstić information content (AvgIpc) is 2.54. The molecule has 0 saturated carbocycles. The summed E-state index contributed by atoms with van der Waals surface area (Å²) >= 11 is 0. The molecule has 7 nitrogen and oxygen atoms in total. The van der Waals surface area contributed by atoms with E-state index in [4.69, 9.17) is 5.14 Å². The summed E-state index contributed by atoms with van der Waals surface area (Å²) in [5.74, 6) is -0.383. The van der Waals surface area contributed by atoms with Gasteiger partial charge in [-0.25, -0.2) is 22.0 Å². The summed E-state index contributed by atoms with van der Waals surface area (Å²) in [6.07, 6.45) is 1.57. The Labute approximate surface area is 146 Å². The Bertz CT molecular complexity index is 981. The number of rotatable bonds is 6. The molecule has 2 aromatic carbocycles. The Morgan fingerprint density at radius 1 is 1.00 bits per heavy atom. The third-order valence-corrected chi connectivity index (χ3v) is 5.51. The number of hydrogen-bond acceptors (Lipinski definition) is 5. The number of sulfone groups is 1. The number of sulfonamides is 1. The number of carbonyl (C=O) groups is 1. The molecule has 0 aliphatic rings. The summed E-state index contributed by atoms with van der Waals surface area (Å²) in [4.78, 5) is 12.2. The van der Waals surface area contributed by atoms with Crippen LogP contribution in [0, 0.1) is 0 Å². The van der Waals surface area contributed by atoms with Gasteiger partial charge in [0.15, 0.2) is 9.84 Å². The average molecular weight is 382 g/mol. The van der Waals surface area contributed by atoms with Crippen LogP contribution in [0.3, 0.4) is 0 Å². The molecule has 1 amide bonds. The monoisotopic (exact) mass is 382 g/mol. The van der Waals surface area contributed by atoms with E-state index in [0.717, 1.165) is 11.8 Å². The molecule has 2 aromatic rings. The van der Waals surface area contributed by atoms with Crippen LogP contribution in [0.2, 0.25) is 0 Å². The van der Waals surface area contributed by atoms with Crippen LogP contribution in [0.4, 0.5) is 0 Å². The van der Waals surface area contributed by atoms with E-state index in [1.54, 1.807) is 12.1 Å². The third kappa shape index (κ3) is 5.38. The smallest absolute Gasteiger partial charge is 0.251 e. The lowest BCUT2D eigenvalue weighted by Crippen LogP contribution is -2.25. The SMILES string of the molecule is CS(=O)(=O)c1cccc(C(=O)NCCc2ccc(S(N)(=O)=O)cc2)c1. The van der Waals surface area contributed by atoms with E-state index in [2.05, 4.69) is 5.32 Å². The van der Waals surface area contributed by atoms with Crippen LogP contribution in [0.25, 0.3) is 0 Å². The molecule has 0 atom stereocenters. The minimum atomic E-state index is -3.72. The van der Waals surface area contributed by atoms with E-state index in [-0.39, 0.29) is 21.3 Å². The lowest BCUT2D eigenvalue weighted by Gasteiger charge is -2.07. The fraction of sp³-hybridized carbons (Fsp3) is 0.188. The molecule has 0 aliphatic heterocycles. The Kier molecular flexibility index (Phi) is 5.61. The summed E-state index contributed by atoms with van der Waals surface area (Å²) in [7, 11) is -7.10. The fourth-order valence-electron chi connectivity index (χ4n) is 2.14. The molecule has 0 heterocycles. The maximum atomic E-state index is 12.1. The van der Waals surface area contributed by atoms with Crippen molar-refractivity contribution in [3.63, 3.8) is 0 Å². The highest BCUT2D eigenvalue weighted by Gasteiger charge is 2.11. The van der Waals surface area contributed by atoms with Gasteiger partial charge in [0.1, 0.15) is 0 Å². The molecule has 25 heavy (non-hydrogen) atoms. The van der Waals surface area contributed by atoms with Gasteiger partial charge in [0, 0.05) is 18.4 Å². The number of nitrogens with two attached hydrogens (primary N) is 1. The summed E-state index contributed by atoms with van der Waals surface area (Å²) in [6, 6.07) is 11.9. The van der Waals surface area contributed by atoms with Crippen molar-refractivity contribution in [2.45, 2.75) is 16.2 Å². The third-order valence-electron chi connectivity index (χ3n) is 3.48. The lowest BCUT2D eigenvalue weighted by molar-refractivity contribution is 0.0954. The van der Waals surface area contributed by atoms with Crippen LogP contribution in [0.1, 0.15) is 15.9 Å².